The molecule has 3 aromatic rings. The van der Waals surface area contributed by atoms with E-state index in [0.29, 0.717) is 17.9 Å². The predicted octanol–water partition coefficient (Wildman–Crippen LogP) is 5.32. The molecule has 0 atom stereocenters. The van der Waals surface area contributed by atoms with Crippen LogP contribution in [0.4, 0.5) is 5.69 Å². The van der Waals surface area contributed by atoms with Crippen molar-refractivity contribution < 1.29 is 9.53 Å². The number of benzene rings is 2. The number of nitrogens with zero attached hydrogens (tertiary/aromatic N) is 1. The fraction of sp³-hybridized carbons (Fsp3) is 0.238. The third kappa shape index (κ3) is 4.92. The molecule has 0 radical (unpaired) electrons. The average molecular weight is 366 g/mol. The Kier molecular flexibility index (Phi) is 6.39. The van der Waals surface area contributed by atoms with Crippen molar-refractivity contribution in [3.63, 3.8) is 0 Å². The molecule has 4 nitrogen and oxygen atoms in total. The number of ether oxygens (including phenoxy) is 1. The topological polar surface area (TPSA) is 51.2 Å². The maximum absolute atomic E-state index is 12.6. The first kappa shape index (κ1) is 18.1. The molecule has 5 heteroatoms. The highest BCUT2D eigenvalue weighted by molar-refractivity contribution is 7.09. The monoisotopic (exact) mass is 366 g/mol. The van der Waals surface area contributed by atoms with Crippen molar-refractivity contribution in [3.05, 3.63) is 76.2 Å². The van der Waals surface area contributed by atoms with Crippen LogP contribution in [0.3, 0.4) is 0 Å². The molecule has 3 rings (SSSR count). The molecule has 1 heterocycles. The van der Waals surface area contributed by atoms with E-state index in [1.807, 2.05) is 53.9 Å². The van der Waals surface area contributed by atoms with Crippen molar-refractivity contribution in [2.45, 2.75) is 32.8 Å². The van der Waals surface area contributed by atoms with Gasteiger partial charge in [-0.05, 0) is 37.1 Å². The average Bonchev–Trinajstić information content (AvgIpc) is 3.13. The van der Waals surface area contributed by atoms with Gasteiger partial charge in [-0.1, -0.05) is 43.7 Å². The second-order valence-electron chi connectivity index (χ2n) is 5.94. The molecular weight excluding hydrogens is 344 g/mol. The SMILES string of the molecule is CCCCc1nc(COc2ccccc2C(=O)Nc2ccccc2)cs1. The molecule has 1 N–H and O–H groups in total. The summed E-state index contributed by atoms with van der Waals surface area (Å²) in [6, 6.07) is 16.7. The fourth-order valence-electron chi connectivity index (χ4n) is 2.51. The molecule has 0 spiro atoms. The minimum absolute atomic E-state index is 0.186. The van der Waals surface area contributed by atoms with E-state index in [2.05, 4.69) is 17.2 Å². The fourth-order valence-corrected chi connectivity index (χ4v) is 3.33. The van der Waals surface area contributed by atoms with Crippen LogP contribution in [-0.4, -0.2) is 10.9 Å². The van der Waals surface area contributed by atoms with Gasteiger partial charge in [0.05, 0.1) is 16.3 Å². The Balaban J connectivity index is 1.65. The quantitative estimate of drug-likeness (QED) is 0.587. The summed E-state index contributed by atoms with van der Waals surface area (Å²) in [5.41, 5.74) is 2.17. The van der Waals surface area contributed by atoms with Gasteiger partial charge in [-0.15, -0.1) is 11.3 Å². The normalized spacial score (nSPS) is 10.5. The highest BCUT2D eigenvalue weighted by Gasteiger charge is 2.13. The number of aromatic nitrogens is 1. The number of aryl methyl sites for hydroxylation is 1. The van der Waals surface area contributed by atoms with E-state index >= 15 is 0 Å². The maximum atomic E-state index is 12.6. The summed E-state index contributed by atoms with van der Waals surface area (Å²) in [6.07, 6.45) is 3.32. The van der Waals surface area contributed by atoms with E-state index in [9.17, 15) is 4.79 Å². The van der Waals surface area contributed by atoms with Crippen LogP contribution in [0.5, 0.6) is 5.75 Å². The highest BCUT2D eigenvalue weighted by Crippen LogP contribution is 2.22. The maximum Gasteiger partial charge on any atom is 0.259 e. The Morgan fingerprint density at radius 1 is 1.12 bits per heavy atom. The molecule has 0 fully saturated rings. The van der Waals surface area contributed by atoms with Gasteiger partial charge in [0.1, 0.15) is 12.4 Å². The summed E-state index contributed by atoms with van der Waals surface area (Å²) in [4.78, 5) is 17.2. The minimum Gasteiger partial charge on any atom is -0.486 e. The zero-order valence-corrected chi connectivity index (χ0v) is 15.6. The first-order valence-electron chi connectivity index (χ1n) is 8.77. The first-order valence-corrected chi connectivity index (χ1v) is 9.65. The summed E-state index contributed by atoms with van der Waals surface area (Å²) in [5, 5.41) is 6.06. The first-order chi connectivity index (χ1) is 12.8. The molecule has 0 saturated carbocycles. The van der Waals surface area contributed by atoms with Crippen LogP contribution < -0.4 is 10.1 Å². The van der Waals surface area contributed by atoms with Gasteiger partial charge in [0.25, 0.3) is 5.91 Å². The summed E-state index contributed by atoms with van der Waals surface area (Å²) < 4.78 is 5.88. The van der Waals surface area contributed by atoms with Crippen LogP contribution in [0.2, 0.25) is 0 Å². The molecule has 0 aliphatic carbocycles. The summed E-state index contributed by atoms with van der Waals surface area (Å²) in [5.74, 6) is 0.373. The van der Waals surface area contributed by atoms with Gasteiger partial charge < -0.3 is 10.1 Å². The van der Waals surface area contributed by atoms with Crippen LogP contribution in [0.15, 0.2) is 60.0 Å². The molecule has 134 valence electrons. The van der Waals surface area contributed by atoms with Crippen LogP contribution in [-0.2, 0) is 13.0 Å². The third-order valence-corrected chi connectivity index (χ3v) is 4.84. The molecule has 0 unspecified atom stereocenters. The van der Waals surface area contributed by atoms with Crippen LogP contribution in [0, 0.1) is 0 Å². The molecule has 0 aliphatic heterocycles. The number of para-hydroxylation sites is 2. The Hall–Kier alpha value is -2.66. The summed E-state index contributed by atoms with van der Waals surface area (Å²) in [6.45, 7) is 2.54. The second-order valence-corrected chi connectivity index (χ2v) is 6.88. The van der Waals surface area contributed by atoms with E-state index in [-0.39, 0.29) is 5.91 Å². The number of anilines is 1. The number of hydrogen-bond donors (Lipinski definition) is 1. The zero-order valence-electron chi connectivity index (χ0n) is 14.8. The predicted molar refractivity (Wildman–Crippen MR) is 106 cm³/mol. The van der Waals surface area contributed by atoms with Crippen molar-refractivity contribution >= 4 is 22.9 Å². The smallest absolute Gasteiger partial charge is 0.259 e. The lowest BCUT2D eigenvalue weighted by atomic mass is 10.2. The molecule has 0 bridgehead atoms. The van der Waals surface area contributed by atoms with Gasteiger partial charge in [0.2, 0.25) is 0 Å². The zero-order chi connectivity index (χ0) is 18.2. The van der Waals surface area contributed by atoms with Crippen molar-refractivity contribution in [1.82, 2.24) is 4.98 Å². The van der Waals surface area contributed by atoms with Crippen molar-refractivity contribution in [3.8, 4) is 5.75 Å². The Labute approximate surface area is 157 Å². The van der Waals surface area contributed by atoms with Gasteiger partial charge in [-0.2, -0.15) is 0 Å². The number of carbonyl (C=O) groups excluding carboxylic acids is 1. The van der Waals surface area contributed by atoms with Crippen molar-refractivity contribution in [1.29, 1.82) is 0 Å². The number of hydrogen-bond acceptors (Lipinski definition) is 4. The molecule has 26 heavy (non-hydrogen) atoms. The number of rotatable bonds is 8. The lowest BCUT2D eigenvalue weighted by Crippen LogP contribution is -2.13. The minimum atomic E-state index is -0.186. The van der Waals surface area contributed by atoms with E-state index in [0.717, 1.165) is 35.7 Å². The lowest BCUT2D eigenvalue weighted by Gasteiger charge is -2.11. The Bertz CT molecular complexity index is 846. The van der Waals surface area contributed by atoms with Crippen molar-refractivity contribution in [2.75, 3.05) is 5.32 Å². The molecule has 2 aromatic carbocycles. The van der Waals surface area contributed by atoms with Crippen LogP contribution in [0.1, 0.15) is 40.8 Å². The largest absolute Gasteiger partial charge is 0.486 e. The van der Waals surface area contributed by atoms with Crippen molar-refractivity contribution in [2.24, 2.45) is 0 Å². The molecule has 1 aromatic heterocycles. The van der Waals surface area contributed by atoms with E-state index in [4.69, 9.17) is 4.74 Å². The molecule has 1 amide bonds. The summed E-state index contributed by atoms with van der Waals surface area (Å²) >= 11 is 1.67. The number of carbonyl (C=O) groups is 1. The van der Waals surface area contributed by atoms with Gasteiger partial charge in [-0.25, -0.2) is 4.98 Å². The van der Waals surface area contributed by atoms with Gasteiger partial charge in [0.15, 0.2) is 0 Å². The number of nitrogens with one attached hydrogen (secondary N) is 1. The number of amides is 1. The molecule has 0 aliphatic rings. The standard InChI is InChI=1S/C21H22N2O2S/c1-2-3-13-20-22-17(15-26-20)14-25-19-12-8-7-11-18(19)21(24)23-16-9-5-4-6-10-16/h4-12,15H,2-3,13-14H2,1H3,(H,23,24). The lowest BCUT2D eigenvalue weighted by molar-refractivity contribution is 0.102. The molecular formula is C21H22N2O2S. The Morgan fingerprint density at radius 2 is 1.88 bits per heavy atom. The van der Waals surface area contributed by atoms with Gasteiger partial charge >= 0.3 is 0 Å². The van der Waals surface area contributed by atoms with Gasteiger partial charge in [0, 0.05) is 11.1 Å². The number of unbranched alkanes of at least 4 members (excludes halogenated alkanes) is 1. The summed E-state index contributed by atoms with van der Waals surface area (Å²) in [7, 11) is 0. The third-order valence-electron chi connectivity index (χ3n) is 3.88. The van der Waals surface area contributed by atoms with E-state index in [1.54, 1.807) is 17.4 Å². The number of thiazole rings is 1. The van der Waals surface area contributed by atoms with Crippen LogP contribution in [0.25, 0.3) is 0 Å². The second kappa shape index (κ2) is 9.15. The van der Waals surface area contributed by atoms with Crippen LogP contribution >= 0.6 is 11.3 Å². The van der Waals surface area contributed by atoms with E-state index in [1.165, 1.54) is 0 Å². The van der Waals surface area contributed by atoms with E-state index < -0.39 is 0 Å². The van der Waals surface area contributed by atoms with Gasteiger partial charge in [-0.3, -0.25) is 4.79 Å². The Morgan fingerprint density at radius 3 is 2.69 bits per heavy atom. The molecule has 0 saturated heterocycles. The highest BCUT2D eigenvalue weighted by atomic mass is 32.1.